The van der Waals surface area contributed by atoms with E-state index in [1.54, 1.807) is 0 Å². The Bertz CT molecular complexity index is 50.2. The number of hydrogen-bond acceptors (Lipinski definition) is 2. The molecule has 0 aromatic heterocycles. The van der Waals surface area contributed by atoms with E-state index in [2.05, 4.69) is 2.24 Å². The third-order valence-corrected chi connectivity index (χ3v) is 0.814. The average Bonchev–Trinajstić information content (AvgIpc) is 1.38. The molecular weight excluding hydrogens is 566 g/mol. The van der Waals surface area contributed by atoms with Crippen LogP contribution >= 0.6 is 12.4 Å². The Morgan fingerprint density at radius 1 is 1.71 bits per heavy atom. The SMILES string of the molecule is Cl.O=C(O)[O][U].[Th]. The zero-order valence-electron chi connectivity index (χ0n) is 3.17. The Kier molecular flexibility index (Phi) is 24.7. The molecule has 0 bridgehead atoms. The average molecular weight is 568 g/mol. The maximum atomic E-state index is 9.19. The number of carbonyl (C=O) groups is 1. The van der Waals surface area contributed by atoms with Gasteiger partial charge in [-0.05, 0) is 0 Å². The fraction of sp³-hybridized carbons (Fsp3) is 0. The van der Waals surface area contributed by atoms with Gasteiger partial charge in [0.25, 0.3) is 0 Å². The van der Waals surface area contributed by atoms with E-state index in [4.69, 9.17) is 5.11 Å². The Labute approximate surface area is 98.6 Å². The summed E-state index contributed by atoms with van der Waals surface area (Å²) in [6, 6.07) is 0. The molecule has 1 N–H and O–H groups in total. The Morgan fingerprint density at radius 2 is 1.86 bits per heavy atom. The molecule has 0 aliphatic heterocycles. The van der Waals surface area contributed by atoms with Crippen LogP contribution in [-0.2, 0) is 2.24 Å². The van der Waals surface area contributed by atoms with E-state index in [-0.39, 0.29) is 82.3 Å². The van der Waals surface area contributed by atoms with Crippen LogP contribution < -0.4 is 0 Å². The maximum Gasteiger partial charge on any atom is 0 e. The van der Waals surface area contributed by atoms with Crippen molar-refractivity contribution in [2.24, 2.45) is 0 Å². The quantitative estimate of drug-likeness (QED) is 0.466. The van der Waals surface area contributed by atoms with Crippen molar-refractivity contribution in [1.29, 1.82) is 0 Å². The van der Waals surface area contributed by atoms with Crippen LogP contribution in [0.3, 0.4) is 0 Å². The zero-order chi connectivity index (χ0) is 4.28. The minimum Gasteiger partial charge on any atom is 0 e. The number of hydrogen-bond donors (Lipinski definition) is 1. The van der Waals surface area contributed by atoms with E-state index in [1.807, 2.05) is 0 Å². The zero-order valence-corrected chi connectivity index (χ0v) is 12.3. The summed E-state index contributed by atoms with van der Waals surface area (Å²) < 4.78 is 3.84. The van der Waals surface area contributed by atoms with Crippen LogP contribution in [0.1, 0.15) is 0 Å². The molecule has 0 spiro atoms. The van der Waals surface area contributed by atoms with Gasteiger partial charge in [-0.25, -0.2) is 0 Å². The molecule has 0 saturated carbocycles. The summed E-state index contributed by atoms with van der Waals surface area (Å²) in [5.74, 6) is 0. The molecule has 0 aromatic carbocycles. The van der Waals surface area contributed by atoms with Crippen molar-refractivity contribution in [3.8, 4) is 0 Å². The van der Waals surface area contributed by atoms with Gasteiger partial charge in [0.2, 0.25) is 0 Å². The first-order valence-electron chi connectivity index (χ1n) is 0.836. The molecule has 0 unspecified atom stereocenters. The Morgan fingerprint density at radius 3 is 1.86 bits per heavy atom. The summed E-state index contributed by atoms with van der Waals surface area (Å²) in [5, 5.41) is 7.54. The first kappa shape index (κ1) is 16.0. The molecule has 0 atom stereocenters. The Hall–Kier alpha value is 1.94. The largest absolute Gasteiger partial charge is 0 e. The van der Waals surface area contributed by atoms with Gasteiger partial charge in [-0.1, -0.05) is 0 Å². The summed E-state index contributed by atoms with van der Waals surface area (Å²) in [6.07, 6.45) is -1.17. The third kappa shape index (κ3) is 18.0. The summed E-state index contributed by atoms with van der Waals surface area (Å²) in [5.41, 5.74) is 0. The predicted molar refractivity (Wildman–Crippen MR) is 16.4 cm³/mol. The van der Waals surface area contributed by atoms with Crippen molar-refractivity contribution < 1.29 is 82.0 Å². The summed E-state index contributed by atoms with van der Waals surface area (Å²) >= 11 is 0.0987. The van der Waals surface area contributed by atoms with Gasteiger partial charge in [-0.2, -0.15) is 0 Å². The molecule has 7 heavy (non-hydrogen) atoms. The molecule has 3 nitrogen and oxygen atoms in total. The second-order valence-electron chi connectivity index (χ2n) is 0.368. The molecule has 0 heterocycles. The first-order chi connectivity index (χ1) is 2.27. The maximum absolute atomic E-state index is 9.19. The van der Waals surface area contributed by atoms with E-state index in [9.17, 15) is 4.79 Å². The normalized spacial score (nSPS) is 4.86. The van der Waals surface area contributed by atoms with Gasteiger partial charge in [-0.15, -0.1) is 12.4 Å². The van der Waals surface area contributed by atoms with Crippen LogP contribution in [0.4, 0.5) is 4.79 Å². The minimum atomic E-state index is -1.17. The van der Waals surface area contributed by atoms with Crippen LogP contribution in [0.25, 0.3) is 0 Å². The number of halogens is 1. The van der Waals surface area contributed by atoms with Crippen molar-refractivity contribution in [2.45, 2.75) is 0 Å². The van der Waals surface area contributed by atoms with Gasteiger partial charge in [0.15, 0.2) is 0 Å². The fourth-order valence-corrected chi connectivity index (χ4v) is 0. The van der Waals surface area contributed by atoms with Crippen molar-refractivity contribution in [3.05, 3.63) is 0 Å². The van der Waals surface area contributed by atoms with Gasteiger partial charge in [-0.3, -0.25) is 0 Å². The third-order valence-electron chi connectivity index (χ3n) is 0.0873. The summed E-state index contributed by atoms with van der Waals surface area (Å²) in [4.78, 5) is 9.19. The summed E-state index contributed by atoms with van der Waals surface area (Å²) in [7, 11) is 0. The smallest absolute Gasteiger partial charge is 0 e. The monoisotopic (exact) mass is 567 g/mol. The second-order valence-corrected chi connectivity index (χ2v) is 1.22. The van der Waals surface area contributed by atoms with E-state index in [0.29, 0.717) is 0 Å². The molecule has 6 heteroatoms. The van der Waals surface area contributed by atoms with Crippen LogP contribution in [0.15, 0.2) is 0 Å². The van der Waals surface area contributed by atoms with E-state index >= 15 is 0 Å². The molecule has 0 amide bonds. The van der Waals surface area contributed by atoms with E-state index in [1.165, 1.54) is 0 Å². The molecule has 0 fully saturated rings. The Balaban J connectivity index is -0.0000000800. The molecule has 0 aliphatic rings. The topological polar surface area (TPSA) is 46.5 Å². The molecule has 39 valence electrons. The van der Waals surface area contributed by atoms with Gasteiger partial charge in [0.05, 0.1) is 0 Å². The molecule has 0 radical (unpaired) electrons. The van der Waals surface area contributed by atoms with Gasteiger partial charge in [0.1, 0.15) is 0 Å². The molecular formula is CH2ClO3ThU. The number of carboxylic acid groups (broad SMARTS) is 1. The van der Waals surface area contributed by atoms with Crippen molar-refractivity contribution in [3.63, 3.8) is 0 Å². The molecule has 0 rings (SSSR count). The van der Waals surface area contributed by atoms with E-state index < -0.39 is 6.16 Å². The van der Waals surface area contributed by atoms with Gasteiger partial charge >= 0.3 is 48.2 Å². The number of rotatable bonds is 0. The van der Waals surface area contributed by atoms with Crippen LogP contribution in [0, 0.1) is 69.9 Å². The van der Waals surface area contributed by atoms with Gasteiger partial charge in [0, 0.05) is 39.9 Å². The van der Waals surface area contributed by atoms with Crippen molar-refractivity contribution in [1.82, 2.24) is 0 Å². The predicted octanol–water partition coefficient (Wildman–Crippen LogP) is 0.567. The van der Waals surface area contributed by atoms with E-state index in [0.717, 1.165) is 0 Å². The molecule has 0 aromatic rings. The van der Waals surface area contributed by atoms with Gasteiger partial charge < -0.3 is 0 Å². The molecule has 0 saturated heterocycles. The van der Waals surface area contributed by atoms with Crippen molar-refractivity contribution in [2.75, 3.05) is 0 Å². The molecule has 0 aliphatic carbocycles. The second kappa shape index (κ2) is 10.8. The first-order valence-corrected chi connectivity index (χ1v) is 2.54. The standard InChI is InChI=1S/CH2O3.ClH.Th.U/c2-1(3)4;;;/h(H2,2,3,4);1H;;/q;;;+1/p-1. The van der Waals surface area contributed by atoms with Crippen molar-refractivity contribution >= 4 is 18.6 Å². The summed E-state index contributed by atoms with van der Waals surface area (Å²) in [6.45, 7) is 0. The van der Waals surface area contributed by atoms with Crippen LogP contribution in [-0.4, -0.2) is 11.3 Å². The fourth-order valence-electron chi connectivity index (χ4n) is 0. The minimum absolute atomic E-state index is 0. The van der Waals surface area contributed by atoms with Crippen LogP contribution in [0.5, 0.6) is 0 Å². The van der Waals surface area contributed by atoms with Crippen LogP contribution in [0.2, 0.25) is 0 Å².